The van der Waals surface area contributed by atoms with Gasteiger partial charge in [0.2, 0.25) is 10.0 Å². The highest BCUT2D eigenvalue weighted by Crippen LogP contribution is 2.12. The van der Waals surface area contributed by atoms with E-state index in [0.717, 1.165) is 12.8 Å². The second-order valence-electron chi connectivity index (χ2n) is 4.51. The van der Waals surface area contributed by atoms with Gasteiger partial charge in [-0.1, -0.05) is 18.2 Å². The molecule has 20 heavy (non-hydrogen) atoms. The second-order valence-corrected chi connectivity index (χ2v) is 6.59. The molecule has 0 aliphatic heterocycles. The lowest BCUT2D eigenvalue weighted by atomic mass is 10.1. The average Bonchev–Trinajstić information content (AvgIpc) is 2.39. The first-order chi connectivity index (χ1) is 9.36. The van der Waals surface area contributed by atoms with Gasteiger partial charge in [-0.15, -0.1) is 6.58 Å². The van der Waals surface area contributed by atoms with Crippen LogP contribution in [0.2, 0.25) is 0 Å². The van der Waals surface area contributed by atoms with Gasteiger partial charge in [0, 0.05) is 13.6 Å². The van der Waals surface area contributed by atoms with Crippen molar-refractivity contribution in [2.24, 2.45) is 0 Å². The van der Waals surface area contributed by atoms with E-state index in [-0.39, 0.29) is 11.3 Å². The number of carboxylic acids is 1. The Kier molecular flexibility index (Phi) is 5.91. The molecule has 1 aromatic carbocycles. The summed E-state index contributed by atoms with van der Waals surface area (Å²) in [4.78, 5) is 10.7. The number of carbonyl (C=O) groups is 1. The largest absolute Gasteiger partial charge is 0.478 e. The summed E-state index contributed by atoms with van der Waals surface area (Å²) in [6.45, 7) is 4.04. The van der Waals surface area contributed by atoms with Crippen LogP contribution < -0.4 is 0 Å². The highest BCUT2D eigenvalue weighted by atomic mass is 32.2. The fraction of sp³-hybridized carbons (Fsp3) is 0.357. The molecular weight excluding hydrogens is 278 g/mol. The number of nitrogens with zero attached hydrogens (tertiary/aromatic N) is 1. The third-order valence-corrected chi connectivity index (χ3v) is 4.74. The molecule has 0 bridgehead atoms. The van der Waals surface area contributed by atoms with Crippen molar-refractivity contribution in [3.05, 3.63) is 48.0 Å². The minimum atomic E-state index is -3.38. The summed E-state index contributed by atoms with van der Waals surface area (Å²) < 4.78 is 25.5. The first-order valence-electron chi connectivity index (χ1n) is 6.24. The molecule has 0 aromatic heterocycles. The van der Waals surface area contributed by atoms with Crippen molar-refractivity contribution < 1.29 is 18.3 Å². The van der Waals surface area contributed by atoms with Crippen molar-refractivity contribution >= 4 is 16.0 Å². The highest BCUT2D eigenvalue weighted by molar-refractivity contribution is 7.88. The van der Waals surface area contributed by atoms with Crippen LogP contribution in [-0.4, -0.2) is 37.4 Å². The Hall–Kier alpha value is -1.66. The summed E-state index contributed by atoms with van der Waals surface area (Å²) >= 11 is 0. The fourth-order valence-corrected chi connectivity index (χ4v) is 2.90. The standard InChI is InChI=1S/C14H19NO4S/c1-3-4-5-10-15(2)20(18,19)11-12-6-8-13(9-7-12)14(16)17/h3,6-9H,1,4-5,10-11H2,2H3,(H,16,17). The normalized spacial score (nSPS) is 11.5. The zero-order chi connectivity index (χ0) is 15.2. The zero-order valence-electron chi connectivity index (χ0n) is 11.4. The van der Waals surface area contributed by atoms with Crippen molar-refractivity contribution in [3.8, 4) is 0 Å². The number of unbranched alkanes of at least 4 members (excludes halogenated alkanes) is 1. The molecule has 0 aliphatic rings. The van der Waals surface area contributed by atoms with E-state index < -0.39 is 16.0 Å². The molecule has 0 atom stereocenters. The van der Waals surface area contributed by atoms with Crippen molar-refractivity contribution in [1.29, 1.82) is 0 Å². The van der Waals surface area contributed by atoms with E-state index in [0.29, 0.717) is 12.1 Å². The van der Waals surface area contributed by atoms with E-state index in [1.807, 2.05) is 0 Å². The van der Waals surface area contributed by atoms with Gasteiger partial charge in [-0.25, -0.2) is 17.5 Å². The highest BCUT2D eigenvalue weighted by Gasteiger charge is 2.18. The van der Waals surface area contributed by atoms with Crippen molar-refractivity contribution in [3.63, 3.8) is 0 Å². The molecule has 110 valence electrons. The summed E-state index contributed by atoms with van der Waals surface area (Å²) in [6, 6.07) is 5.87. The first kappa shape index (κ1) is 16.4. The van der Waals surface area contributed by atoms with E-state index in [2.05, 4.69) is 6.58 Å². The maximum Gasteiger partial charge on any atom is 0.335 e. The molecular formula is C14H19NO4S. The molecule has 0 amide bonds. The molecule has 0 unspecified atom stereocenters. The topological polar surface area (TPSA) is 74.7 Å². The molecule has 0 spiro atoms. The van der Waals surface area contributed by atoms with Gasteiger partial charge in [0.15, 0.2) is 0 Å². The molecule has 0 fully saturated rings. The number of allylic oxidation sites excluding steroid dienone is 1. The minimum Gasteiger partial charge on any atom is -0.478 e. The third kappa shape index (κ3) is 4.79. The van der Waals surface area contributed by atoms with E-state index in [4.69, 9.17) is 5.11 Å². The van der Waals surface area contributed by atoms with Crippen LogP contribution in [0.15, 0.2) is 36.9 Å². The predicted molar refractivity (Wildman–Crippen MR) is 78.1 cm³/mol. The molecule has 5 nitrogen and oxygen atoms in total. The number of rotatable bonds is 8. The van der Waals surface area contributed by atoms with Crippen LogP contribution in [0, 0.1) is 0 Å². The van der Waals surface area contributed by atoms with Gasteiger partial charge < -0.3 is 5.11 Å². The van der Waals surface area contributed by atoms with Gasteiger partial charge in [0.05, 0.1) is 11.3 Å². The van der Waals surface area contributed by atoms with E-state index in [9.17, 15) is 13.2 Å². The lowest BCUT2D eigenvalue weighted by molar-refractivity contribution is 0.0697. The number of hydrogen-bond acceptors (Lipinski definition) is 3. The molecule has 1 N–H and O–H groups in total. The SMILES string of the molecule is C=CCCCN(C)S(=O)(=O)Cc1ccc(C(=O)O)cc1. The Morgan fingerprint density at radius 1 is 1.35 bits per heavy atom. The van der Waals surface area contributed by atoms with Gasteiger partial charge in [0.25, 0.3) is 0 Å². The van der Waals surface area contributed by atoms with Crippen LogP contribution in [0.3, 0.4) is 0 Å². The number of hydrogen-bond donors (Lipinski definition) is 1. The zero-order valence-corrected chi connectivity index (χ0v) is 12.3. The Bertz CT molecular complexity index is 563. The van der Waals surface area contributed by atoms with Gasteiger partial charge in [0.1, 0.15) is 0 Å². The van der Waals surface area contributed by atoms with Gasteiger partial charge in [-0.2, -0.15) is 0 Å². The first-order valence-corrected chi connectivity index (χ1v) is 7.85. The third-order valence-electron chi connectivity index (χ3n) is 2.91. The summed E-state index contributed by atoms with van der Waals surface area (Å²) in [5.74, 6) is -1.15. The Balaban J connectivity index is 2.70. The molecule has 0 saturated carbocycles. The monoisotopic (exact) mass is 297 g/mol. The Labute approximate surface area is 119 Å². The van der Waals surface area contributed by atoms with Crippen LogP contribution in [-0.2, 0) is 15.8 Å². The molecule has 1 aromatic rings. The summed E-state index contributed by atoms with van der Waals surface area (Å²) in [6.07, 6.45) is 3.26. The quantitative estimate of drug-likeness (QED) is 0.589. The van der Waals surface area contributed by atoms with Crippen LogP contribution in [0.1, 0.15) is 28.8 Å². The summed E-state index contributed by atoms with van der Waals surface area (Å²) in [5, 5.41) is 8.78. The molecule has 0 radical (unpaired) electrons. The average molecular weight is 297 g/mol. The van der Waals surface area contributed by atoms with Crippen LogP contribution in [0.4, 0.5) is 0 Å². The van der Waals surface area contributed by atoms with Gasteiger partial charge in [-0.3, -0.25) is 0 Å². The number of benzene rings is 1. The minimum absolute atomic E-state index is 0.127. The van der Waals surface area contributed by atoms with Gasteiger partial charge >= 0.3 is 5.97 Å². The Morgan fingerprint density at radius 2 is 1.95 bits per heavy atom. The number of sulfonamides is 1. The maximum absolute atomic E-state index is 12.1. The maximum atomic E-state index is 12.1. The van der Waals surface area contributed by atoms with Crippen molar-refractivity contribution in [2.45, 2.75) is 18.6 Å². The number of carboxylic acid groups (broad SMARTS) is 1. The summed E-state index contributed by atoms with van der Waals surface area (Å²) in [7, 11) is -1.83. The fourth-order valence-electron chi connectivity index (χ4n) is 1.66. The van der Waals surface area contributed by atoms with E-state index >= 15 is 0 Å². The van der Waals surface area contributed by atoms with Gasteiger partial charge in [-0.05, 0) is 30.5 Å². The lowest BCUT2D eigenvalue weighted by Crippen LogP contribution is -2.29. The predicted octanol–water partition coefficient (Wildman–Crippen LogP) is 2.11. The van der Waals surface area contributed by atoms with E-state index in [1.165, 1.54) is 28.6 Å². The van der Waals surface area contributed by atoms with Crippen molar-refractivity contribution in [2.75, 3.05) is 13.6 Å². The van der Waals surface area contributed by atoms with E-state index in [1.54, 1.807) is 13.1 Å². The Morgan fingerprint density at radius 3 is 2.45 bits per heavy atom. The molecule has 0 aliphatic carbocycles. The van der Waals surface area contributed by atoms with Crippen LogP contribution >= 0.6 is 0 Å². The van der Waals surface area contributed by atoms with Crippen LogP contribution in [0.25, 0.3) is 0 Å². The molecule has 6 heteroatoms. The molecule has 1 rings (SSSR count). The van der Waals surface area contributed by atoms with Crippen LogP contribution in [0.5, 0.6) is 0 Å². The molecule has 0 heterocycles. The smallest absolute Gasteiger partial charge is 0.335 e. The van der Waals surface area contributed by atoms with Crippen molar-refractivity contribution in [1.82, 2.24) is 4.31 Å². The summed E-state index contributed by atoms with van der Waals surface area (Å²) in [5.41, 5.74) is 0.719. The molecule has 0 saturated heterocycles. The second kappa shape index (κ2) is 7.21. The lowest BCUT2D eigenvalue weighted by Gasteiger charge is -2.16. The number of aromatic carboxylic acids is 1.